The molecule has 2 aliphatic rings. The number of likely N-dealkylation sites (tertiary alicyclic amines) is 1. The monoisotopic (exact) mass is 240 g/mol. The number of amides is 2. The minimum atomic E-state index is -0.340. The van der Waals surface area contributed by atoms with Crippen LogP contribution in [-0.2, 0) is 0 Å². The summed E-state index contributed by atoms with van der Waals surface area (Å²) in [6.45, 7) is 1.81. The molecule has 4 heteroatoms. The molecule has 0 spiro atoms. The lowest BCUT2D eigenvalue weighted by Gasteiger charge is -2.39. The molecule has 2 N–H and O–H groups in total. The summed E-state index contributed by atoms with van der Waals surface area (Å²) in [6, 6.07) is 0.0284. The van der Waals surface area contributed by atoms with Gasteiger partial charge in [0.15, 0.2) is 0 Å². The van der Waals surface area contributed by atoms with Gasteiger partial charge in [-0.25, -0.2) is 4.79 Å². The van der Waals surface area contributed by atoms with Crippen LogP contribution in [0.4, 0.5) is 4.79 Å². The third-order valence-corrected chi connectivity index (χ3v) is 4.13. The minimum absolute atomic E-state index is 0.0284. The van der Waals surface area contributed by atoms with E-state index >= 15 is 0 Å². The Labute approximate surface area is 103 Å². The molecule has 1 heterocycles. The SMILES string of the molecule is O=C(NC1(CO)CCCCC1)N1CCCCC1. The summed E-state index contributed by atoms with van der Waals surface area (Å²) in [4.78, 5) is 14.0. The van der Waals surface area contributed by atoms with Crippen LogP contribution >= 0.6 is 0 Å². The second-order valence-corrected chi connectivity index (χ2v) is 5.48. The highest BCUT2D eigenvalue weighted by molar-refractivity contribution is 5.75. The summed E-state index contributed by atoms with van der Waals surface area (Å²) >= 11 is 0. The van der Waals surface area contributed by atoms with E-state index < -0.39 is 0 Å². The van der Waals surface area contributed by atoms with Crippen molar-refractivity contribution in [2.24, 2.45) is 0 Å². The summed E-state index contributed by atoms with van der Waals surface area (Å²) in [5.41, 5.74) is -0.340. The van der Waals surface area contributed by atoms with Gasteiger partial charge in [0, 0.05) is 13.1 Å². The number of nitrogens with zero attached hydrogens (tertiary/aromatic N) is 1. The summed E-state index contributed by atoms with van der Waals surface area (Å²) in [7, 11) is 0. The Morgan fingerprint density at radius 2 is 1.65 bits per heavy atom. The zero-order chi connectivity index (χ0) is 12.1. The van der Waals surface area contributed by atoms with Gasteiger partial charge >= 0.3 is 6.03 Å². The van der Waals surface area contributed by atoms with Crippen molar-refractivity contribution in [2.75, 3.05) is 19.7 Å². The van der Waals surface area contributed by atoms with Gasteiger partial charge in [0.1, 0.15) is 0 Å². The van der Waals surface area contributed by atoms with Crippen molar-refractivity contribution >= 4 is 6.03 Å². The molecule has 17 heavy (non-hydrogen) atoms. The summed E-state index contributed by atoms with van der Waals surface area (Å²) in [6.07, 6.45) is 8.74. The van der Waals surface area contributed by atoms with Gasteiger partial charge in [0.25, 0.3) is 0 Å². The molecule has 0 atom stereocenters. The van der Waals surface area contributed by atoms with Gasteiger partial charge in [0.2, 0.25) is 0 Å². The van der Waals surface area contributed by atoms with E-state index in [1.807, 2.05) is 4.90 Å². The molecule has 0 aromatic rings. The van der Waals surface area contributed by atoms with Crippen LogP contribution in [0.1, 0.15) is 51.4 Å². The quantitative estimate of drug-likeness (QED) is 0.774. The number of nitrogens with one attached hydrogen (secondary N) is 1. The molecule has 1 aliphatic carbocycles. The van der Waals surface area contributed by atoms with E-state index in [9.17, 15) is 9.90 Å². The molecule has 1 saturated carbocycles. The van der Waals surface area contributed by atoms with Crippen LogP contribution in [0.2, 0.25) is 0 Å². The van der Waals surface area contributed by atoms with Crippen LogP contribution in [0.15, 0.2) is 0 Å². The van der Waals surface area contributed by atoms with E-state index in [2.05, 4.69) is 5.32 Å². The molecule has 1 saturated heterocycles. The average molecular weight is 240 g/mol. The Morgan fingerprint density at radius 3 is 2.24 bits per heavy atom. The fraction of sp³-hybridized carbons (Fsp3) is 0.923. The molecular formula is C13H24N2O2. The van der Waals surface area contributed by atoms with Gasteiger partial charge < -0.3 is 15.3 Å². The zero-order valence-corrected chi connectivity index (χ0v) is 10.6. The first kappa shape index (κ1) is 12.7. The molecule has 2 amide bonds. The number of hydrogen-bond donors (Lipinski definition) is 2. The van der Waals surface area contributed by atoms with Crippen molar-refractivity contribution in [3.05, 3.63) is 0 Å². The number of carbonyl (C=O) groups excluding carboxylic acids is 1. The Morgan fingerprint density at radius 1 is 1.06 bits per heavy atom. The van der Waals surface area contributed by atoms with Crippen LogP contribution in [0.3, 0.4) is 0 Å². The second kappa shape index (κ2) is 5.71. The number of urea groups is 1. The minimum Gasteiger partial charge on any atom is -0.394 e. The van der Waals surface area contributed by atoms with E-state index in [-0.39, 0.29) is 18.2 Å². The molecule has 4 nitrogen and oxygen atoms in total. The first-order valence-electron chi connectivity index (χ1n) is 6.94. The maximum Gasteiger partial charge on any atom is 0.317 e. The first-order chi connectivity index (χ1) is 8.26. The van der Waals surface area contributed by atoms with Crippen LogP contribution in [0.25, 0.3) is 0 Å². The van der Waals surface area contributed by atoms with Gasteiger partial charge in [-0.05, 0) is 32.1 Å². The Hall–Kier alpha value is -0.770. The number of carbonyl (C=O) groups is 1. The van der Waals surface area contributed by atoms with Crippen LogP contribution in [-0.4, -0.2) is 41.3 Å². The largest absolute Gasteiger partial charge is 0.394 e. The lowest BCUT2D eigenvalue weighted by atomic mass is 9.82. The summed E-state index contributed by atoms with van der Waals surface area (Å²) in [5.74, 6) is 0. The van der Waals surface area contributed by atoms with Crippen molar-refractivity contribution in [3.8, 4) is 0 Å². The molecule has 0 unspecified atom stereocenters. The van der Waals surface area contributed by atoms with Crippen molar-refractivity contribution in [2.45, 2.75) is 56.9 Å². The van der Waals surface area contributed by atoms with E-state index in [4.69, 9.17) is 0 Å². The van der Waals surface area contributed by atoms with Gasteiger partial charge in [-0.1, -0.05) is 19.3 Å². The van der Waals surface area contributed by atoms with E-state index in [1.165, 1.54) is 12.8 Å². The molecule has 2 fully saturated rings. The van der Waals surface area contributed by atoms with Crippen molar-refractivity contribution < 1.29 is 9.90 Å². The maximum absolute atomic E-state index is 12.1. The topological polar surface area (TPSA) is 52.6 Å². The Balaban J connectivity index is 1.90. The molecule has 98 valence electrons. The van der Waals surface area contributed by atoms with Crippen LogP contribution in [0.5, 0.6) is 0 Å². The zero-order valence-electron chi connectivity index (χ0n) is 10.6. The number of aliphatic hydroxyl groups is 1. The van der Waals surface area contributed by atoms with Gasteiger partial charge in [-0.15, -0.1) is 0 Å². The molecule has 0 radical (unpaired) electrons. The van der Waals surface area contributed by atoms with E-state index in [1.54, 1.807) is 0 Å². The molecule has 1 aliphatic heterocycles. The third kappa shape index (κ3) is 3.12. The van der Waals surface area contributed by atoms with Gasteiger partial charge in [0.05, 0.1) is 12.1 Å². The first-order valence-corrected chi connectivity index (χ1v) is 6.94. The molecule has 0 aromatic carbocycles. The standard InChI is InChI=1S/C13H24N2O2/c16-11-13(7-3-1-4-8-13)14-12(17)15-9-5-2-6-10-15/h16H,1-11H2,(H,14,17). The molecule has 0 aromatic heterocycles. The fourth-order valence-corrected chi connectivity index (χ4v) is 2.95. The molecule has 2 rings (SSSR count). The van der Waals surface area contributed by atoms with Crippen molar-refractivity contribution in [1.82, 2.24) is 10.2 Å². The Bertz CT molecular complexity index is 256. The maximum atomic E-state index is 12.1. The lowest BCUT2D eigenvalue weighted by Crippen LogP contribution is -2.57. The summed E-state index contributed by atoms with van der Waals surface area (Å²) in [5, 5.41) is 12.6. The van der Waals surface area contributed by atoms with E-state index in [0.717, 1.165) is 51.6 Å². The molecular weight excluding hydrogens is 216 g/mol. The van der Waals surface area contributed by atoms with Gasteiger partial charge in [-0.2, -0.15) is 0 Å². The number of hydrogen-bond acceptors (Lipinski definition) is 2. The summed E-state index contributed by atoms with van der Waals surface area (Å²) < 4.78 is 0. The second-order valence-electron chi connectivity index (χ2n) is 5.48. The molecule has 0 bridgehead atoms. The normalized spacial score (nSPS) is 24.4. The van der Waals surface area contributed by atoms with Crippen molar-refractivity contribution in [1.29, 1.82) is 0 Å². The number of rotatable bonds is 2. The third-order valence-electron chi connectivity index (χ3n) is 4.13. The highest BCUT2D eigenvalue weighted by Gasteiger charge is 2.34. The average Bonchev–Trinajstić information content (AvgIpc) is 2.41. The fourth-order valence-electron chi connectivity index (χ4n) is 2.95. The Kier molecular flexibility index (Phi) is 4.26. The lowest BCUT2D eigenvalue weighted by molar-refractivity contribution is 0.111. The highest BCUT2D eigenvalue weighted by atomic mass is 16.3. The van der Waals surface area contributed by atoms with Crippen molar-refractivity contribution in [3.63, 3.8) is 0 Å². The predicted octanol–water partition coefficient (Wildman–Crippen LogP) is 1.88. The smallest absolute Gasteiger partial charge is 0.317 e. The number of aliphatic hydroxyl groups excluding tert-OH is 1. The predicted molar refractivity (Wildman–Crippen MR) is 66.9 cm³/mol. The highest BCUT2D eigenvalue weighted by Crippen LogP contribution is 2.28. The van der Waals surface area contributed by atoms with E-state index in [0.29, 0.717) is 0 Å². The van der Waals surface area contributed by atoms with Gasteiger partial charge in [-0.3, -0.25) is 0 Å². The van der Waals surface area contributed by atoms with Crippen LogP contribution < -0.4 is 5.32 Å². The number of piperidine rings is 1. The van der Waals surface area contributed by atoms with Crippen LogP contribution in [0, 0.1) is 0 Å².